The Morgan fingerprint density at radius 1 is 1.35 bits per heavy atom. The fraction of sp³-hybridized carbons (Fsp3) is 0.0769. The van der Waals surface area contributed by atoms with Crippen LogP contribution in [0.25, 0.3) is 0 Å². The van der Waals surface area contributed by atoms with Gasteiger partial charge in [0.25, 0.3) is 5.91 Å². The quantitative estimate of drug-likeness (QED) is 0.669. The Balaban J connectivity index is 1.88. The smallest absolute Gasteiger partial charge is 0.293 e. The van der Waals surface area contributed by atoms with E-state index >= 15 is 0 Å². The number of benzene rings is 1. The highest BCUT2D eigenvalue weighted by Gasteiger charge is 2.13. The molecule has 2 aromatic rings. The molecule has 1 aromatic heterocycles. The van der Waals surface area contributed by atoms with E-state index in [1.165, 1.54) is 24.1 Å². The van der Waals surface area contributed by atoms with Crippen LogP contribution in [0.2, 0.25) is 5.02 Å². The van der Waals surface area contributed by atoms with Crippen molar-refractivity contribution in [2.45, 2.75) is 4.90 Å². The minimum Gasteiger partial charge on any atom is -0.459 e. The molecule has 104 valence electrons. The molecule has 0 aliphatic heterocycles. The van der Waals surface area contributed by atoms with Crippen LogP contribution in [0.3, 0.4) is 0 Å². The molecule has 1 aromatic carbocycles. The second-order valence-electron chi connectivity index (χ2n) is 3.83. The molecule has 7 heteroatoms. The average Bonchev–Trinajstić information content (AvgIpc) is 2.91. The van der Waals surface area contributed by atoms with Crippen molar-refractivity contribution >= 4 is 40.9 Å². The monoisotopic (exact) mass is 310 g/mol. The van der Waals surface area contributed by atoms with Gasteiger partial charge in [-0.25, -0.2) is 0 Å². The number of furan rings is 1. The van der Waals surface area contributed by atoms with E-state index in [9.17, 15) is 9.59 Å². The largest absolute Gasteiger partial charge is 0.459 e. The van der Waals surface area contributed by atoms with Crippen LogP contribution >= 0.6 is 23.4 Å². The van der Waals surface area contributed by atoms with E-state index in [0.717, 1.165) is 4.90 Å². The SMILES string of the molecule is Nc1cc(Cl)ccc1SCC(=O)NC(=O)c1ccco1. The Hall–Kier alpha value is -1.92. The molecular weight excluding hydrogens is 300 g/mol. The number of amides is 2. The Labute approximate surface area is 124 Å². The van der Waals surface area contributed by atoms with Crippen LogP contribution in [-0.4, -0.2) is 17.6 Å². The first kappa shape index (κ1) is 14.5. The van der Waals surface area contributed by atoms with Gasteiger partial charge in [-0.1, -0.05) is 11.6 Å². The fourth-order valence-corrected chi connectivity index (χ4v) is 2.36. The third-order valence-electron chi connectivity index (χ3n) is 2.33. The summed E-state index contributed by atoms with van der Waals surface area (Å²) in [5.74, 6) is -0.831. The minimum absolute atomic E-state index is 0.0677. The van der Waals surface area contributed by atoms with E-state index in [-0.39, 0.29) is 11.5 Å². The molecule has 0 radical (unpaired) electrons. The molecule has 2 rings (SSSR count). The summed E-state index contributed by atoms with van der Waals surface area (Å²) in [6.45, 7) is 0. The molecule has 2 amide bonds. The lowest BCUT2D eigenvalue weighted by molar-refractivity contribution is -0.117. The van der Waals surface area contributed by atoms with Crippen LogP contribution in [0, 0.1) is 0 Å². The standard InChI is InChI=1S/C13H11ClN2O3S/c14-8-3-4-11(9(15)6-8)20-7-12(17)16-13(18)10-2-1-5-19-10/h1-6H,7,15H2,(H,16,17,18). The lowest BCUT2D eigenvalue weighted by atomic mass is 10.3. The number of nitrogens with two attached hydrogens (primary N) is 1. The molecule has 5 nitrogen and oxygen atoms in total. The first-order chi connectivity index (χ1) is 9.56. The van der Waals surface area contributed by atoms with Crippen molar-refractivity contribution in [3.8, 4) is 0 Å². The second-order valence-corrected chi connectivity index (χ2v) is 5.28. The lowest BCUT2D eigenvalue weighted by Gasteiger charge is -2.05. The molecule has 0 spiro atoms. The Morgan fingerprint density at radius 2 is 2.15 bits per heavy atom. The summed E-state index contributed by atoms with van der Waals surface area (Å²) in [6.07, 6.45) is 1.36. The molecule has 1 heterocycles. The summed E-state index contributed by atoms with van der Waals surface area (Å²) in [7, 11) is 0. The van der Waals surface area contributed by atoms with Crippen molar-refractivity contribution < 1.29 is 14.0 Å². The van der Waals surface area contributed by atoms with Gasteiger partial charge in [0.1, 0.15) is 0 Å². The number of imide groups is 1. The topological polar surface area (TPSA) is 85.3 Å². The average molecular weight is 311 g/mol. The predicted octanol–water partition coefficient (Wildman–Crippen LogP) is 2.56. The van der Waals surface area contributed by atoms with E-state index in [2.05, 4.69) is 5.32 Å². The van der Waals surface area contributed by atoms with Gasteiger partial charge < -0.3 is 10.2 Å². The first-order valence-electron chi connectivity index (χ1n) is 5.62. The lowest BCUT2D eigenvalue weighted by Crippen LogP contribution is -2.31. The second kappa shape index (κ2) is 6.49. The molecule has 0 fully saturated rings. The first-order valence-corrected chi connectivity index (χ1v) is 6.98. The van der Waals surface area contributed by atoms with Crippen molar-refractivity contribution in [2.75, 3.05) is 11.5 Å². The van der Waals surface area contributed by atoms with E-state index in [1.54, 1.807) is 24.3 Å². The number of rotatable bonds is 4. The maximum atomic E-state index is 11.6. The summed E-state index contributed by atoms with van der Waals surface area (Å²) < 4.78 is 4.89. The van der Waals surface area contributed by atoms with Crippen LogP contribution in [0.1, 0.15) is 10.6 Å². The number of nitrogen functional groups attached to an aromatic ring is 1. The molecule has 0 bridgehead atoms. The molecule has 0 aliphatic carbocycles. The normalized spacial score (nSPS) is 10.2. The number of nitrogens with one attached hydrogen (secondary N) is 1. The molecule has 0 saturated heterocycles. The van der Waals surface area contributed by atoms with E-state index in [1.807, 2.05) is 0 Å². The van der Waals surface area contributed by atoms with Gasteiger partial charge >= 0.3 is 0 Å². The summed E-state index contributed by atoms with van der Waals surface area (Å²) in [4.78, 5) is 23.9. The number of thioether (sulfide) groups is 1. The van der Waals surface area contributed by atoms with Crippen molar-refractivity contribution in [3.05, 3.63) is 47.4 Å². The van der Waals surface area contributed by atoms with Crippen molar-refractivity contribution in [3.63, 3.8) is 0 Å². The molecule has 3 N–H and O–H groups in total. The van der Waals surface area contributed by atoms with Gasteiger partial charge in [0.15, 0.2) is 5.76 Å². The van der Waals surface area contributed by atoms with E-state index < -0.39 is 11.8 Å². The predicted molar refractivity (Wildman–Crippen MR) is 77.8 cm³/mol. The summed E-state index contributed by atoms with van der Waals surface area (Å²) >= 11 is 7.01. The molecule has 20 heavy (non-hydrogen) atoms. The molecule has 0 saturated carbocycles. The highest BCUT2D eigenvalue weighted by Crippen LogP contribution is 2.27. The zero-order valence-electron chi connectivity index (χ0n) is 10.3. The van der Waals surface area contributed by atoms with Gasteiger partial charge in [0.2, 0.25) is 5.91 Å². The van der Waals surface area contributed by atoms with Crippen molar-refractivity contribution in [1.29, 1.82) is 0 Å². The number of carbonyl (C=O) groups excluding carboxylic acids is 2. The van der Waals surface area contributed by atoms with Gasteiger partial charge in [-0.15, -0.1) is 11.8 Å². The third-order valence-corrected chi connectivity index (χ3v) is 3.65. The fourth-order valence-electron chi connectivity index (χ4n) is 1.43. The number of hydrogen-bond acceptors (Lipinski definition) is 5. The molecule has 0 unspecified atom stereocenters. The highest BCUT2D eigenvalue weighted by molar-refractivity contribution is 8.00. The van der Waals surface area contributed by atoms with Gasteiger partial charge in [-0.3, -0.25) is 14.9 Å². The van der Waals surface area contributed by atoms with Crippen molar-refractivity contribution in [2.24, 2.45) is 0 Å². The van der Waals surface area contributed by atoms with E-state index in [4.69, 9.17) is 21.8 Å². The highest BCUT2D eigenvalue weighted by atomic mass is 35.5. The van der Waals surface area contributed by atoms with E-state index in [0.29, 0.717) is 10.7 Å². The van der Waals surface area contributed by atoms with Crippen LogP contribution in [0.5, 0.6) is 0 Å². The van der Waals surface area contributed by atoms with Gasteiger partial charge in [0.05, 0.1) is 12.0 Å². The molecular formula is C13H11ClN2O3S. The number of hydrogen-bond donors (Lipinski definition) is 2. The van der Waals surface area contributed by atoms with Crippen LogP contribution < -0.4 is 11.1 Å². The van der Waals surface area contributed by atoms with Gasteiger partial charge in [0, 0.05) is 15.6 Å². The summed E-state index contributed by atoms with van der Waals surface area (Å²) in [6, 6.07) is 8.07. The number of halogens is 1. The maximum absolute atomic E-state index is 11.6. The Bertz CT molecular complexity index is 629. The van der Waals surface area contributed by atoms with Crippen molar-refractivity contribution in [1.82, 2.24) is 5.32 Å². The number of anilines is 1. The zero-order valence-corrected chi connectivity index (χ0v) is 11.8. The summed E-state index contributed by atoms with van der Waals surface area (Å²) in [5.41, 5.74) is 6.26. The van der Waals surface area contributed by atoms with Gasteiger partial charge in [-0.05, 0) is 30.3 Å². The minimum atomic E-state index is -0.565. The summed E-state index contributed by atoms with van der Waals surface area (Å²) in [5, 5.41) is 2.76. The van der Waals surface area contributed by atoms with Crippen LogP contribution in [0.4, 0.5) is 5.69 Å². The van der Waals surface area contributed by atoms with Crippen LogP contribution in [0.15, 0.2) is 45.9 Å². The van der Waals surface area contributed by atoms with Crippen LogP contribution in [-0.2, 0) is 4.79 Å². The third kappa shape index (κ3) is 3.79. The maximum Gasteiger partial charge on any atom is 0.293 e. The van der Waals surface area contributed by atoms with Gasteiger partial charge in [-0.2, -0.15) is 0 Å². The molecule has 0 aliphatic rings. The molecule has 0 atom stereocenters. The number of carbonyl (C=O) groups is 2. The Kier molecular flexibility index (Phi) is 4.70. The zero-order chi connectivity index (χ0) is 14.5. The Morgan fingerprint density at radius 3 is 2.80 bits per heavy atom.